The van der Waals surface area contributed by atoms with Crippen molar-refractivity contribution in [1.82, 2.24) is 0 Å². The average Bonchev–Trinajstić information content (AvgIpc) is 3.05. The van der Waals surface area contributed by atoms with Gasteiger partial charge in [0.05, 0.1) is 6.42 Å². The van der Waals surface area contributed by atoms with Crippen molar-refractivity contribution < 1.29 is 18.8 Å². The summed E-state index contributed by atoms with van der Waals surface area (Å²) in [6.07, 6.45) is -0.144. The molecule has 0 radical (unpaired) electrons. The van der Waals surface area contributed by atoms with Gasteiger partial charge in [-0.05, 0) is 73.1 Å². The second kappa shape index (κ2) is 10.5. The van der Waals surface area contributed by atoms with Gasteiger partial charge in [-0.1, -0.05) is 67.8 Å². The van der Waals surface area contributed by atoms with E-state index in [1.54, 1.807) is 0 Å². The molecule has 1 unspecified atom stereocenters. The molecule has 3 atom stereocenters. The number of azide groups is 1. The minimum Gasteiger partial charge on any atom is -0.519 e. The smallest absolute Gasteiger partial charge is 0.296 e. The zero-order valence-electron chi connectivity index (χ0n) is 22.6. The van der Waals surface area contributed by atoms with Crippen LogP contribution in [0.1, 0.15) is 60.9 Å². The summed E-state index contributed by atoms with van der Waals surface area (Å²) in [5, 5.41) is 3.73. The standard InChI is InChI=1S/C28H37N3O4Si/c1-17-13-18(2)27(19(3)14-17)34-23-16-22(26(33)25(23)30-31-29)21-12-10-9-11-20(21)15-24(32)35-36(7,8)28(4,5)6/h9-14,22-23,25H,15-16H2,1-8H3/t22?,23-,25+/m1/s1. The Kier molecular flexibility index (Phi) is 8.01. The van der Waals surface area contributed by atoms with Crippen molar-refractivity contribution in [2.24, 2.45) is 5.11 Å². The van der Waals surface area contributed by atoms with Crippen LogP contribution in [0.2, 0.25) is 18.1 Å². The first-order valence-electron chi connectivity index (χ1n) is 12.4. The Bertz CT molecular complexity index is 1190. The number of benzene rings is 2. The van der Waals surface area contributed by atoms with Crippen molar-refractivity contribution in [2.75, 3.05) is 0 Å². The maximum Gasteiger partial charge on any atom is 0.296 e. The fourth-order valence-electron chi connectivity index (χ4n) is 4.61. The number of hydrogen-bond acceptors (Lipinski definition) is 5. The number of aryl methyl sites for hydroxylation is 3. The lowest BCUT2D eigenvalue weighted by Crippen LogP contribution is -2.43. The Morgan fingerprint density at radius 3 is 2.33 bits per heavy atom. The molecule has 0 amide bonds. The predicted octanol–water partition coefficient (Wildman–Crippen LogP) is 6.89. The van der Waals surface area contributed by atoms with Crippen molar-refractivity contribution in [2.45, 2.75) is 90.6 Å². The number of carbonyl (C=O) groups excluding carboxylic acids is 2. The molecule has 1 aliphatic carbocycles. The number of carbonyl (C=O) groups is 2. The summed E-state index contributed by atoms with van der Waals surface area (Å²) in [5.41, 5.74) is 13.8. The second-order valence-corrected chi connectivity index (χ2v) is 16.1. The van der Waals surface area contributed by atoms with Crippen molar-refractivity contribution in [3.8, 4) is 5.75 Å². The maximum absolute atomic E-state index is 13.5. The molecular formula is C28H37N3O4Si. The monoisotopic (exact) mass is 507 g/mol. The van der Waals surface area contributed by atoms with Crippen molar-refractivity contribution in [1.29, 1.82) is 0 Å². The molecule has 1 aliphatic rings. The molecule has 2 aromatic carbocycles. The SMILES string of the molecule is Cc1cc(C)c(O[C@@H]2CC(c3ccccc3CC(=O)O[Si](C)(C)C(C)(C)C)C(=O)[C@H]2N=[N+]=[N-])c(C)c1. The molecule has 0 heterocycles. The van der Waals surface area contributed by atoms with Gasteiger partial charge in [-0.15, -0.1) is 0 Å². The van der Waals surface area contributed by atoms with Gasteiger partial charge in [-0.2, -0.15) is 0 Å². The molecule has 7 nitrogen and oxygen atoms in total. The fraction of sp³-hybridized carbons (Fsp3) is 0.500. The molecule has 0 spiro atoms. The number of hydrogen-bond donors (Lipinski definition) is 0. The molecular weight excluding hydrogens is 470 g/mol. The lowest BCUT2D eigenvalue weighted by molar-refractivity contribution is -0.134. The number of ether oxygens (including phenoxy) is 1. The molecule has 0 saturated heterocycles. The molecule has 3 rings (SSSR count). The van der Waals surface area contributed by atoms with Crippen molar-refractivity contribution in [3.63, 3.8) is 0 Å². The van der Waals surface area contributed by atoms with Crippen LogP contribution >= 0.6 is 0 Å². The van der Waals surface area contributed by atoms with Crippen LogP contribution in [0.5, 0.6) is 5.75 Å². The Balaban J connectivity index is 1.89. The first kappa shape index (κ1) is 27.5. The molecule has 1 fully saturated rings. The van der Waals surface area contributed by atoms with E-state index in [0.29, 0.717) is 12.2 Å². The summed E-state index contributed by atoms with van der Waals surface area (Å²) in [5.74, 6) is -0.299. The fourth-order valence-corrected chi connectivity index (χ4v) is 5.56. The molecule has 2 aromatic rings. The number of nitrogens with zero attached hydrogens (tertiary/aromatic N) is 3. The molecule has 0 N–H and O–H groups in total. The average molecular weight is 508 g/mol. The first-order valence-corrected chi connectivity index (χ1v) is 15.3. The third-order valence-electron chi connectivity index (χ3n) is 7.45. The Morgan fingerprint density at radius 2 is 1.75 bits per heavy atom. The van der Waals surface area contributed by atoms with Crippen molar-refractivity contribution >= 4 is 20.1 Å². The van der Waals surface area contributed by atoms with E-state index in [1.807, 2.05) is 70.3 Å². The van der Waals surface area contributed by atoms with E-state index in [9.17, 15) is 15.1 Å². The van der Waals surface area contributed by atoms with Crippen LogP contribution in [0.3, 0.4) is 0 Å². The van der Waals surface area contributed by atoms with E-state index < -0.39 is 26.4 Å². The molecule has 8 heteroatoms. The van der Waals surface area contributed by atoms with Crippen LogP contribution in [0.4, 0.5) is 0 Å². The van der Waals surface area contributed by atoms with E-state index in [0.717, 1.165) is 27.8 Å². The van der Waals surface area contributed by atoms with Crippen LogP contribution < -0.4 is 4.74 Å². The number of ketones is 1. The van der Waals surface area contributed by atoms with Gasteiger partial charge in [0.15, 0.2) is 5.78 Å². The van der Waals surface area contributed by atoms with Gasteiger partial charge >= 0.3 is 0 Å². The van der Waals surface area contributed by atoms with Crippen molar-refractivity contribution in [3.05, 3.63) is 74.7 Å². The van der Waals surface area contributed by atoms with E-state index in [4.69, 9.17) is 9.16 Å². The van der Waals surface area contributed by atoms with E-state index in [2.05, 4.69) is 30.8 Å². The summed E-state index contributed by atoms with van der Waals surface area (Å²) < 4.78 is 12.3. The molecule has 0 aliphatic heterocycles. The van der Waals surface area contributed by atoms with E-state index >= 15 is 0 Å². The first-order chi connectivity index (χ1) is 16.7. The van der Waals surface area contributed by atoms with E-state index in [-0.39, 0.29) is 23.2 Å². The second-order valence-electron chi connectivity index (χ2n) is 11.3. The topological polar surface area (TPSA) is 101 Å². The van der Waals surface area contributed by atoms with Gasteiger partial charge in [-0.3, -0.25) is 9.59 Å². The Hall–Kier alpha value is -3.09. The highest BCUT2D eigenvalue weighted by Gasteiger charge is 2.45. The van der Waals surface area contributed by atoms with Gasteiger partial charge in [0.2, 0.25) is 0 Å². The minimum atomic E-state index is -2.27. The predicted molar refractivity (Wildman–Crippen MR) is 144 cm³/mol. The summed E-state index contributed by atoms with van der Waals surface area (Å²) in [6, 6.07) is 10.6. The van der Waals surface area contributed by atoms with Gasteiger partial charge < -0.3 is 9.16 Å². The van der Waals surface area contributed by atoms with Crippen LogP contribution in [0, 0.1) is 20.8 Å². The lowest BCUT2D eigenvalue weighted by atomic mass is 9.90. The zero-order valence-corrected chi connectivity index (χ0v) is 23.6. The maximum atomic E-state index is 13.5. The highest BCUT2D eigenvalue weighted by atomic mass is 28.4. The van der Waals surface area contributed by atoms with Crippen LogP contribution in [-0.4, -0.2) is 32.2 Å². The third kappa shape index (κ3) is 5.82. The van der Waals surface area contributed by atoms with Gasteiger partial charge in [0, 0.05) is 10.8 Å². The quantitative estimate of drug-likeness (QED) is 0.176. The summed E-state index contributed by atoms with van der Waals surface area (Å²) in [7, 11) is -2.27. The molecule has 192 valence electrons. The molecule has 1 saturated carbocycles. The van der Waals surface area contributed by atoms with Crippen LogP contribution in [0.25, 0.3) is 10.4 Å². The summed E-state index contributed by atoms with van der Waals surface area (Å²) in [6.45, 7) is 16.3. The Morgan fingerprint density at radius 1 is 1.14 bits per heavy atom. The van der Waals surface area contributed by atoms with Gasteiger partial charge in [0.1, 0.15) is 17.9 Å². The highest BCUT2D eigenvalue weighted by Crippen LogP contribution is 2.40. The summed E-state index contributed by atoms with van der Waals surface area (Å²) >= 11 is 0. The normalized spacial score (nSPS) is 20.1. The van der Waals surface area contributed by atoms with Crippen LogP contribution in [0.15, 0.2) is 41.5 Å². The molecule has 0 bridgehead atoms. The number of Topliss-reactive ketones (excluding diaryl/α,β-unsaturated/α-hetero) is 1. The third-order valence-corrected chi connectivity index (χ3v) is 11.8. The highest BCUT2D eigenvalue weighted by molar-refractivity contribution is 6.75. The molecule has 36 heavy (non-hydrogen) atoms. The lowest BCUT2D eigenvalue weighted by Gasteiger charge is -2.35. The van der Waals surface area contributed by atoms with Gasteiger partial charge in [0.25, 0.3) is 14.3 Å². The minimum absolute atomic E-state index is 0.0837. The van der Waals surface area contributed by atoms with Crippen LogP contribution in [-0.2, 0) is 20.4 Å². The Labute approximate surface area is 215 Å². The summed E-state index contributed by atoms with van der Waals surface area (Å²) in [4.78, 5) is 29.3. The van der Waals surface area contributed by atoms with Gasteiger partial charge in [-0.25, -0.2) is 0 Å². The zero-order chi connectivity index (χ0) is 26.8. The largest absolute Gasteiger partial charge is 0.519 e. The van der Waals surface area contributed by atoms with E-state index in [1.165, 1.54) is 0 Å². The molecule has 0 aromatic heterocycles. The number of rotatable bonds is 7.